The SMILES string of the molecule is CCOc1cc(/C=C(/C#N)C(=O)NCCc2c[nH]c3ccccc23)cc(Cl)c1OCC(=O)OC. The first-order valence-electron chi connectivity index (χ1n) is 10.6. The Balaban J connectivity index is 1.72. The number of carbonyl (C=O) groups is 2. The van der Waals surface area contributed by atoms with Crippen LogP contribution in [0.4, 0.5) is 0 Å². The van der Waals surface area contributed by atoms with E-state index in [-0.39, 0.29) is 28.7 Å². The molecule has 8 nitrogen and oxygen atoms in total. The lowest BCUT2D eigenvalue weighted by molar-refractivity contribution is -0.142. The first-order chi connectivity index (χ1) is 16.5. The average Bonchev–Trinajstić information content (AvgIpc) is 3.25. The van der Waals surface area contributed by atoms with Gasteiger partial charge in [0.15, 0.2) is 18.1 Å². The van der Waals surface area contributed by atoms with E-state index in [2.05, 4.69) is 15.0 Å². The van der Waals surface area contributed by atoms with Gasteiger partial charge in [-0.05, 0) is 48.7 Å². The summed E-state index contributed by atoms with van der Waals surface area (Å²) in [6.45, 7) is 2.12. The molecule has 2 N–H and O–H groups in total. The molecule has 0 aliphatic carbocycles. The Morgan fingerprint density at radius 2 is 2.03 bits per heavy atom. The van der Waals surface area contributed by atoms with Crippen LogP contribution >= 0.6 is 11.6 Å². The zero-order valence-corrected chi connectivity index (χ0v) is 19.6. The Kier molecular flexibility index (Phi) is 8.54. The number of nitrogens with one attached hydrogen (secondary N) is 2. The summed E-state index contributed by atoms with van der Waals surface area (Å²) in [4.78, 5) is 27.2. The number of esters is 1. The van der Waals surface area contributed by atoms with Crippen LogP contribution in [0.15, 0.2) is 48.2 Å². The Morgan fingerprint density at radius 1 is 1.24 bits per heavy atom. The van der Waals surface area contributed by atoms with E-state index in [0.717, 1.165) is 16.5 Å². The van der Waals surface area contributed by atoms with Crippen molar-refractivity contribution in [1.29, 1.82) is 5.26 Å². The van der Waals surface area contributed by atoms with Crippen LogP contribution in [0.25, 0.3) is 17.0 Å². The fourth-order valence-electron chi connectivity index (χ4n) is 3.32. The maximum atomic E-state index is 12.6. The smallest absolute Gasteiger partial charge is 0.343 e. The molecule has 34 heavy (non-hydrogen) atoms. The molecule has 2 aromatic carbocycles. The third-order valence-corrected chi connectivity index (χ3v) is 5.21. The molecule has 0 unspecified atom stereocenters. The lowest BCUT2D eigenvalue weighted by Gasteiger charge is -2.14. The summed E-state index contributed by atoms with van der Waals surface area (Å²) in [6.07, 6.45) is 3.94. The summed E-state index contributed by atoms with van der Waals surface area (Å²) in [5, 5.41) is 13.6. The predicted molar refractivity (Wildman–Crippen MR) is 129 cm³/mol. The monoisotopic (exact) mass is 481 g/mol. The zero-order valence-electron chi connectivity index (χ0n) is 18.8. The standard InChI is InChI=1S/C25H24ClN3O5/c1-3-33-22-12-16(11-20(26)24(22)34-15-23(30)32-2)10-18(13-27)25(31)28-9-8-17-14-29-21-7-5-4-6-19(17)21/h4-7,10-12,14,29H,3,8-9,15H2,1-2H3,(H,28,31)/b18-10-. The second-order valence-electron chi connectivity index (χ2n) is 7.16. The minimum Gasteiger partial charge on any atom is -0.490 e. The second kappa shape index (κ2) is 11.8. The number of fused-ring (bicyclic) bond motifs is 1. The van der Waals surface area contributed by atoms with Gasteiger partial charge in [0.25, 0.3) is 5.91 Å². The molecular formula is C25H24ClN3O5. The summed E-state index contributed by atoms with van der Waals surface area (Å²) in [6, 6.07) is 12.9. The number of hydrogen-bond donors (Lipinski definition) is 2. The number of H-pyrrole nitrogens is 1. The minimum absolute atomic E-state index is 0.0827. The summed E-state index contributed by atoms with van der Waals surface area (Å²) < 4.78 is 15.6. The highest BCUT2D eigenvalue weighted by Crippen LogP contribution is 2.37. The first-order valence-corrected chi connectivity index (χ1v) is 11.0. The molecule has 0 radical (unpaired) electrons. The highest BCUT2D eigenvalue weighted by Gasteiger charge is 2.16. The molecule has 9 heteroatoms. The Morgan fingerprint density at radius 3 is 2.76 bits per heavy atom. The van der Waals surface area contributed by atoms with E-state index in [0.29, 0.717) is 25.1 Å². The number of nitriles is 1. The molecule has 176 valence electrons. The topological polar surface area (TPSA) is 113 Å². The molecule has 3 rings (SSSR count). The molecule has 0 saturated heterocycles. The number of para-hydroxylation sites is 1. The van der Waals surface area contributed by atoms with Gasteiger partial charge in [0.05, 0.1) is 18.7 Å². The van der Waals surface area contributed by atoms with E-state index in [9.17, 15) is 14.9 Å². The molecule has 1 amide bonds. The van der Waals surface area contributed by atoms with E-state index >= 15 is 0 Å². The highest BCUT2D eigenvalue weighted by atomic mass is 35.5. The van der Waals surface area contributed by atoms with E-state index in [1.807, 2.05) is 36.5 Å². The van der Waals surface area contributed by atoms with Gasteiger partial charge in [0, 0.05) is 23.6 Å². The predicted octanol–water partition coefficient (Wildman–Crippen LogP) is 4.04. The van der Waals surface area contributed by atoms with Crippen LogP contribution in [-0.4, -0.2) is 43.7 Å². The van der Waals surface area contributed by atoms with Crippen LogP contribution in [0, 0.1) is 11.3 Å². The number of ether oxygens (including phenoxy) is 3. The number of carbonyl (C=O) groups excluding carboxylic acids is 2. The van der Waals surface area contributed by atoms with Crippen LogP contribution in [0.1, 0.15) is 18.1 Å². The molecule has 0 saturated carbocycles. The van der Waals surface area contributed by atoms with E-state index in [1.165, 1.54) is 19.3 Å². The molecule has 0 bridgehead atoms. The van der Waals surface area contributed by atoms with Crippen molar-refractivity contribution in [2.24, 2.45) is 0 Å². The van der Waals surface area contributed by atoms with Gasteiger partial charge in [-0.25, -0.2) is 4.79 Å². The minimum atomic E-state index is -0.571. The van der Waals surface area contributed by atoms with E-state index in [4.69, 9.17) is 21.1 Å². The number of rotatable bonds is 10. The summed E-state index contributed by atoms with van der Waals surface area (Å²) >= 11 is 6.32. The van der Waals surface area contributed by atoms with Crippen LogP contribution in [0.2, 0.25) is 5.02 Å². The van der Waals surface area contributed by atoms with Gasteiger partial charge in [-0.15, -0.1) is 0 Å². The summed E-state index contributed by atoms with van der Waals surface area (Å²) in [5.41, 5.74) is 2.50. The van der Waals surface area contributed by atoms with Gasteiger partial charge in [-0.1, -0.05) is 29.8 Å². The fourth-order valence-corrected chi connectivity index (χ4v) is 3.60. The zero-order chi connectivity index (χ0) is 24.5. The second-order valence-corrected chi connectivity index (χ2v) is 7.57. The molecule has 0 spiro atoms. The quantitative estimate of drug-likeness (QED) is 0.257. The third kappa shape index (κ3) is 6.09. The Labute approximate surface area is 202 Å². The first kappa shape index (κ1) is 24.7. The van der Waals surface area contributed by atoms with Crippen molar-refractivity contribution < 1.29 is 23.8 Å². The Bertz CT molecular complexity index is 1260. The number of methoxy groups -OCH3 is 1. The molecule has 0 aliphatic heterocycles. The maximum Gasteiger partial charge on any atom is 0.343 e. The fraction of sp³-hybridized carbons (Fsp3) is 0.240. The van der Waals surface area contributed by atoms with Crippen molar-refractivity contribution >= 4 is 40.5 Å². The van der Waals surface area contributed by atoms with Crippen LogP contribution in [0.3, 0.4) is 0 Å². The van der Waals surface area contributed by atoms with Gasteiger partial charge < -0.3 is 24.5 Å². The third-order valence-electron chi connectivity index (χ3n) is 4.92. The van der Waals surface area contributed by atoms with E-state index < -0.39 is 11.9 Å². The van der Waals surface area contributed by atoms with Crippen molar-refractivity contribution in [2.75, 3.05) is 26.9 Å². The molecule has 0 aliphatic rings. The van der Waals surface area contributed by atoms with Crippen molar-refractivity contribution in [1.82, 2.24) is 10.3 Å². The summed E-state index contributed by atoms with van der Waals surface area (Å²) in [5.74, 6) is -0.615. The van der Waals surface area contributed by atoms with Crippen molar-refractivity contribution in [3.8, 4) is 17.6 Å². The largest absolute Gasteiger partial charge is 0.490 e. The number of aromatic nitrogens is 1. The van der Waals surface area contributed by atoms with Crippen molar-refractivity contribution in [3.63, 3.8) is 0 Å². The number of aromatic amines is 1. The Hall–Kier alpha value is -3.96. The van der Waals surface area contributed by atoms with Gasteiger partial charge in [0.1, 0.15) is 11.6 Å². The highest BCUT2D eigenvalue weighted by molar-refractivity contribution is 6.32. The van der Waals surface area contributed by atoms with Gasteiger partial charge in [-0.3, -0.25) is 4.79 Å². The molecule has 1 aromatic heterocycles. The average molecular weight is 482 g/mol. The number of halogens is 1. The molecule has 0 atom stereocenters. The lowest BCUT2D eigenvalue weighted by atomic mass is 10.1. The molecule has 1 heterocycles. The van der Waals surface area contributed by atoms with Crippen molar-refractivity contribution in [2.45, 2.75) is 13.3 Å². The summed E-state index contributed by atoms with van der Waals surface area (Å²) in [7, 11) is 1.25. The maximum absolute atomic E-state index is 12.6. The number of hydrogen-bond acceptors (Lipinski definition) is 6. The van der Waals surface area contributed by atoms with Crippen molar-refractivity contribution in [3.05, 3.63) is 64.3 Å². The number of amides is 1. The normalized spacial score (nSPS) is 11.1. The van der Waals surface area contributed by atoms with Crippen LogP contribution in [-0.2, 0) is 20.7 Å². The van der Waals surface area contributed by atoms with Gasteiger partial charge in [-0.2, -0.15) is 5.26 Å². The molecule has 3 aromatic rings. The lowest BCUT2D eigenvalue weighted by Crippen LogP contribution is -2.26. The molecular weight excluding hydrogens is 458 g/mol. The van der Waals surface area contributed by atoms with Gasteiger partial charge >= 0.3 is 5.97 Å². The number of benzene rings is 2. The van der Waals surface area contributed by atoms with Gasteiger partial charge in [0.2, 0.25) is 0 Å². The van der Waals surface area contributed by atoms with Crippen LogP contribution in [0.5, 0.6) is 11.5 Å². The molecule has 0 fully saturated rings. The van der Waals surface area contributed by atoms with Crippen LogP contribution < -0.4 is 14.8 Å². The van der Waals surface area contributed by atoms with E-state index in [1.54, 1.807) is 13.0 Å². The number of nitrogens with zero attached hydrogens (tertiary/aromatic N) is 1.